The van der Waals surface area contributed by atoms with Gasteiger partial charge in [0.1, 0.15) is 6.61 Å². The lowest BCUT2D eigenvalue weighted by molar-refractivity contribution is -0.146. The summed E-state index contributed by atoms with van der Waals surface area (Å²) < 4.78 is 5.40. The molecule has 1 aromatic carbocycles. The number of rotatable bonds is 4. The van der Waals surface area contributed by atoms with Crippen molar-refractivity contribution in [2.24, 2.45) is 11.8 Å². The van der Waals surface area contributed by atoms with E-state index in [1.165, 1.54) is 0 Å². The number of piperidine rings is 1. The fourth-order valence-electron chi connectivity index (χ4n) is 3.32. The normalized spacial score (nSPS) is 24.8. The molecule has 1 saturated heterocycles. The molecule has 0 radical (unpaired) electrons. The molecule has 2 aliphatic rings. The van der Waals surface area contributed by atoms with Crippen LogP contribution in [0.15, 0.2) is 30.3 Å². The molecule has 5 heteroatoms. The minimum absolute atomic E-state index is 0.200. The predicted molar refractivity (Wildman–Crippen MR) is 80.2 cm³/mol. The van der Waals surface area contributed by atoms with Crippen molar-refractivity contribution in [2.75, 3.05) is 6.54 Å². The molecule has 118 valence electrons. The molecule has 0 spiro atoms. The third-order valence-electron chi connectivity index (χ3n) is 4.55. The molecule has 2 atom stereocenters. The van der Waals surface area contributed by atoms with Gasteiger partial charge in [-0.2, -0.15) is 0 Å². The molecular weight excluding hydrogens is 282 g/mol. The van der Waals surface area contributed by atoms with E-state index in [2.05, 4.69) is 0 Å². The molecule has 1 aliphatic carbocycles. The van der Waals surface area contributed by atoms with E-state index >= 15 is 0 Å². The molecule has 1 saturated carbocycles. The fraction of sp³-hybridized carbons (Fsp3) is 0.529. The zero-order chi connectivity index (χ0) is 15.5. The zero-order valence-electron chi connectivity index (χ0n) is 12.5. The maximum atomic E-state index is 12.4. The molecule has 5 nitrogen and oxygen atoms in total. The van der Waals surface area contributed by atoms with Gasteiger partial charge in [-0.15, -0.1) is 0 Å². The third-order valence-corrected chi connectivity index (χ3v) is 4.55. The van der Waals surface area contributed by atoms with Crippen LogP contribution in [-0.4, -0.2) is 34.7 Å². The molecule has 1 amide bonds. The Balaban J connectivity index is 1.65. The average Bonchev–Trinajstić information content (AvgIpc) is 3.37. The van der Waals surface area contributed by atoms with E-state index in [1.54, 1.807) is 4.90 Å². The third kappa shape index (κ3) is 3.24. The predicted octanol–water partition coefficient (Wildman–Crippen LogP) is 2.90. The Labute approximate surface area is 129 Å². The summed E-state index contributed by atoms with van der Waals surface area (Å²) in [7, 11) is 0. The number of nitrogens with zero attached hydrogens (tertiary/aromatic N) is 1. The molecule has 1 N–H and O–H groups in total. The Morgan fingerprint density at radius 2 is 1.91 bits per heavy atom. The van der Waals surface area contributed by atoms with Gasteiger partial charge in [0.15, 0.2) is 0 Å². The smallest absolute Gasteiger partial charge is 0.410 e. The Hall–Kier alpha value is -2.04. The standard InChI is InChI=1S/C17H21NO4/c19-16(20)14-7-4-10-18(15(14)13-8-9-13)17(21)22-11-12-5-2-1-3-6-12/h1-3,5-6,13-15H,4,7-11H2,(H,19,20)/t14-,15-/m1/s1. The van der Waals surface area contributed by atoms with Crippen LogP contribution >= 0.6 is 0 Å². The van der Waals surface area contributed by atoms with Crippen molar-refractivity contribution in [3.63, 3.8) is 0 Å². The molecule has 22 heavy (non-hydrogen) atoms. The van der Waals surface area contributed by atoms with Crippen LogP contribution in [0.5, 0.6) is 0 Å². The van der Waals surface area contributed by atoms with Crippen LogP contribution < -0.4 is 0 Å². The van der Waals surface area contributed by atoms with Gasteiger partial charge in [-0.3, -0.25) is 4.79 Å². The monoisotopic (exact) mass is 303 g/mol. The summed E-state index contributed by atoms with van der Waals surface area (Å²) in [6.45, 7) is 0.823. The fourth-order valence-corrected chi connectivity index (χ4v) is 3.32. The van der Waals surface area contributed by atoms with Crippen LogP contribution in [0.3, 0.4) is 0 Å². The van der Waals surface area contributed by atoms with Crippen LogP contribution in [-0.2, 0) is 16.1 Å². The zero-order valence-corrected chi connectivity index (χ0v) is 12.5. The summed E-state index contributed by atoms with van der Waals surface area (Å²) in [4.78, 5) is 25.5. The first-order valence-corrected chi connectivity index (χ1v) is 7.87. The lowest BCUT2D eigenvalue weighted by Crippen LogP contribution is -2.52. The minimum Gasteiger partial charge on any atom is -0.481 e. The highest BCUT2D eigenvalue weighted by Crippen LogP contribution is 2.42. The highest BCUT2D eigenvalue weighted by Gasteiger charge is 2.47. The van der Waals surface area contributed by atoms with E-state index in [0.29, 0.717) is 18.9 Å². The van der Waals surface area contributed by atoms with E-state index in [4.69, 9.17) is 4.74 Å². The second-order valence-electron chi connectivity index (χ2n) is 6.15. The molecule has 3 rings (SSSR count). The Morgan fingerprint density at radius 1 is 1.18 bits per heavy atom. The van der Waals surface area contributed by atoms with Gasteiger partial charge in [0.2, 0.25) is 0 Å². The van der Waals surface area contributed by atoms with Crippen LogP contribution in [0.1, 0.15) is 31.2 Å². The summed E-state index contributed by atoms with van der Waals surface area (Å²) in [5.41, 5.74) is 0.936. The number of likely N-dealkylation sites (tertiary alicyclic amines) is 1. The first kappa shape index (κ1) is 14.9. The van der Waals surface area contributed by atoms with Gasteiger partial charge < -0.3 is 14.7 Å². The van der Waals surface area contributed by atoms with Crippen LogP contribution in [0.4, 0.5) is 4.79 Å². The summed E-state index contributed by atoms with van der Waals surface area (Å²) in [6, 6.07) is 9.32. The van der Waals surface area contributed by atoms with Crippen molar-refractivity contribution in [3.05, 3.63) is 35.9 Å². The Bertz CT molecular complexity index is 541. The van der Waals surface area contributed by atoms with Crippen molar-refractivity contribution in [3.8, 4) is 0 Å². The lowest BCUT2D eigenvalue weighted by atomic mass is 9.86. The van der Waals surface area contributed by atoms with E-state index in [1.807, 2.05) is 30.3 Å². The molecule has 2 fully saturated rings. The van der Waals surface area contributed by atoms with Crippen molar-refractivity contribution >= 4 is 12.1 Å². The number of carbonyl (C=O) groups excluding carboxylic acids is 1. The SMILES string of the molecule is O=C(O)[C@@H]1CCCN(C(=O)OCc2ccccc2)[C@@H]1C1CC1. The molecule has 1 heterocycles. The molecule has 0 bridgehead atoms. The minimum atomic E-state index is -0.794. The number of carbonyl (C=O) groups is 2. The maximum Gasteiger partial charge on any atom is 0.410 e. The largest absolute Gasteiger partial charge is 0.481 e. The average molecular weight is 303 g/mol. The summed E-state index contributed by atoms with van der Waals surface area (Å²) >= 11 is 0. The van der Waals surface area contributed by atoms with Crippen molar-refractivity contribution < 1.29 is 19.4 Å². The number of carboxylic acid groups (broad SMARTS) is 1. The summed E-state index contributed by atoms with van der Waals surface area (Å²) in [5.74, 6) is -0.923. The Morgan fingerprint density at radius 3 is 2.55 bits per heavy atom. The van der Waals surface area contributed by atoms with E-state index in [-0.39, 0.29) is 18.7 Å². The second-order valence-corrected chi connectivity index (χ2v) is 6.15. The number of carboxylic acids is 1. The van der Waals surface area contributed by atoms with Gasteiger partial charge in [0, 0.05) is 6.54 Å². The maximum absolute atomic E-state index is 12.4. The lowest BCUT2D eigenvalue weighted by Gasteiger charge is -2.39. The van der Waals surface area contributed by atoms with E-state index in [9.17, 15) is 14.7 Å². The number of hydrogen-bond acceptors (Lipinski definition) is 3. The van der Waals surface area contributed by atoms with Crippen LogP contribution in [0.25, 0.3) is 0 Å². The van der Waals surface area contributed by atoms with Crippen molar-refractivity contribution in [1.82, 2.24) is 4.90 Å². The first-order chi connectivity index (χ1) is 10.7. The van der Waals surface area contributed by atoms with Gasteiger partial charge >= 0.3 is 12.1 Å². The molecule has 0 aromatic heterocycles. The Kier molecular flexibility index (Phi) is 4.32. The summed E-state index contributed by atoms with van der Waals surface area (Å²) in [6.07, 6.45) is 3.01. The number of hydrogen-bond donors (Lipinski definition) is 1. The van der Waals surface area contributed by atoms with Crippen molar-refractivity contribution in [2.45, 2.75) is 38.3 Å². The molecule has 1 aromatic rings. The highest BCUT2D eigenvalue weighted by molar-refractivity contribution is 5.74. The molecular formula is C17H21NO4. The van der Waals surface area contributed by atoms with Gasteiger partial charge in [-0.25, -0.2) is 4.79 Å². The van der Waals surface area contributed by atoms with Crippen molar-refractivity contribution in [1.29, 1.82) is 0 Å². The van der Waals surface area contributed by atoms with E-state index in [0.717, 1.165) is 24.8 Å². The van der Waals surface area contributed by atoms with Gasteiger partial charge in [0.05, 0.1) is 12.0 Å². The summed E-state index contributed by atoms with van der Waals surface area (Å²) in [5, 5.41) is 9.41. The second kappa shape index (κ2) is 6.38. The van der Waals surface area contributed by atoms with Gasteiger partial charge in [-0.1, -0.05) is 30.3 Å². The molecule has 1 aliphatic heterocycles. The highest BCUT2D eigenvalue weighted by atomic mass is 16.6. The quantitative estimate of drug-likeness (QED) is 0.928. The van der Waals surface area contributed by atoms with Crippen LogP contribution in [0.2, 0.25) is 0 Å². The topological polar surface area (TPSA) is 66.8 Å². The van der Waals surface area contributed by atoms with Gasteiger partial charge in [0.25, 0.3) is 0 Å². The number of ether oxygens (including phenoxy) is 1. The van der Waals surface area contributed by atoms with Gasteiger partial charge in [-0.05, 0) is 37.2 Å². The van der Waals surface area contributed by atoms with Crippen LogP contribution in [0, 0.1) is 11.8 Å². The first-order valence-electron chi connectivity index (χ1n) is 7.87. The number of benzene rings is 1. The number of amides is 1. The number of aliphatic carboxylic acids is 1. The molecule has 0 unspecified atom stereocenters. The van der Waals surface area contributed by atoms with E-state index < -0.39 is 11.9 Å².